The standard InChI is InChI=1S/C32H26O2/c1-18-14-27-31(25-9-5-8-22-16-23-12-13-24(18)32(27)30(23)29(22)25)26(17-28(33)34-2)21-11-10-19-6-3-4-7-20(19)15-21/h3-13,15,26-27,31H,1,14,16-17H2,2H3. The molecule has 166 valence electrons. The van der Waals surface area contributed by atoms with Gasteiger partial charge < -0.3 is 4.74 Å². The number of hydrogen-bond donors (Lipinski definition) is 0. The Hall–Kier alpha value is -3.65. The summed E-state index contributed by atoms with van der Waals surface area (Å²) in [6.45, 7) is 4.47. The van der Waals surface area contributed by atoms with E-state index in [1.807, 2.05) is 0 Å². The molecule has 0 saturated carbocycles. The van der Waals surface area contributed by atoms with E-state index in [0.717, 1.165) is 12.8 Å². The van der Waals surface area contributed by atoms with Crippen LogP contribution in [0.2, 0.25) is 0 Å². The first-order chi connectivity index (χ1) is 16.6. The van der Waals surface area contributed by atoms with Crippen LogP contribution in [0.15, 0.2) is 79.4 Å². The average Bonchev–Trinajstić information content (AvgIpc) is 3.41. The molecule has 0 radical (unpaired) electrons. The van der Waals surface area contributed by atoms with Gasteiger partial charge in [-0.05, 0) is 85.5 Å². The second-order valence-electron chi connectivity index (χ2n) is 10.1. The molecule has 34 heavy (non-hydrogen) atoms. The molecular formula is C32H26O2. The zero-order chi connectivity index (χ0) is 23.0. The number of benzene rings is 4. The van der Waals surface area contributed by atoms with Crippen molar-refractivity contribution in [3.63, 3.8) is 0 Å². The Labute approximate surface area is 199 Å². The van der Waals surface area contributed by atoms with Gasteiger partial charge in [0.2, 0.25) is 0 Å². The number of carbonyl (C=O) groups excluding carboxylic acids is 1. The highest BCUT2D eigenvalue weighted by Gasteiger charge is 2.46. The molecule has 0 spiro atoms. The van der Waals surface area contributed by atoms with Gasteiger partial charge in [-0.2, -0.15) is 0 Å². The van der Waals surface area contributed by atoms with Crippen molar-refractivity contribution >= 4 is 22.3 Å². The minimum absolute atomic E-state index is 0.0321. The third-order valence-corrected chi connectivity index (χ3v) is 8.41. The topological polar surface area (TPSA) is 26.3 Å². The van der Waals surface area contributed by atoms with Crippen LogP contribution < -0.4 is 0 Å². The van der Waals surface area contributed by atoms with Gasteiger partial charge in [-0.1, -0.05) is 79.4 Å². The number of fused-ring (bicyclic) bond motifs is 1. The highest BCUT2D eigenvalue weighted by Crippen LogP contribution is 2.63. The molecule has 3 aliphatic carbocycles. The van der Waals surface area contributed by atoms with Crippen LogP contribution in [-0.4, -0.2) is 13.1 Å². The van der Waals surface area contributed by atoms with Crippen LogP contribution in [0.1, 0.15) is 64.0 Å². The fourth-order valence-electron chi connectivity index (χ4n) is 7.01. The van der Waals surface area contributed by atoms with E-state index in [-0.39, 0.29) is 17.8 Å². The van der Waals surface area contributed by atoms with E-state index in [4.69, 9.17) is 4.74 Å². The van der Waals surface area contributed by atoms with Gasteiger partial charge in [-0.3, -0.25) is 4.79 Å². The van der Waals surface area contributed by atoms with Gasteiger partial charge in [0.25, 0.3) is 0 Å². The van der Waals surface area contributed by atoms with Gasteiger partial charge >= 0.3 is 5.97 Å². The van der Waals surface area contributed by atoms with Gasteiger partial charge in [0.1, 0.15) is 0 Å². The molecule has 4 aromatic rings. The van der Waals surface area contributed by atoms with E-state index < -0.39 is 0 Å². The Morgan fingerprint density at radius 2 is 1.79 bits per heavy atom. The molecule has 3 atom stereocenters. The maximum absolute atomic E-state index is 12.8. The first kappa shape index (κ1) is 19.8. The van der Waals surface area contributed by atoms with E-state index in [2.05, 4.69) is 79.4 Å². The molecule has 3 unspecified atom stereocenters. The monoisotopic (exact) mass is 442 g/mol. The zero-order valence-electron chi connectivity index (χ0n) is 19.3. The molecule has 0 heterocycles. The average molecular weight is 443 g/mol. The lowest BCUT2D eigenvalue weighted by molar-refractivity contribution is -0.141. The van der Waals surface area contributed by atoms with Gasteiger partial charge in [0, 0.05) is 5.92 Å². The van der Waals surface area contributed by atoms with E-state index in [9.17, 15) is 4.79 Å². The van der Waals surface area contributed by atoms with Crippen molar-refractivity contribution in [2.24, 2.45) is 0 Å². The lowest BCUT2D eigenvalue weighted by Gasteiger charge is -2.38. The van der Waals surface area contributed by atoms with Crippen molar-refractivity contribution < 1.29 is 9.53 Å². The maximum atomic E-state index is 12.8. The highest BCUT2D eigenvalue weighted by molar-refractivity contribution is 5.92. The minimum atomic E-state index is -0.151. The molecule has 4 aromatic carbocycles. The summed E-state index contributed by atoms with van der Waals surface area (Å²) >= 11 is 0. The van der Waals surface area contributed by atoms with E-state index in [1.54, 1.807) is 0 Å². The summed E-state index contributed by atoms with van der Waals surface area (Å²) in [5, 5.41) is 2.43. The zero-order valence-corrected chi connectivity index (χ0v) is 19.3. The predicted molar refractivity (Wildman–Crippen MR) is 137 cm³/mol. The number of carbonyl (C=O) groups is 1. The van der Waals surface area contributed by atoms with E-state index >= 15 is 0 Å². The molecule has 0 aliphatic heterocycles. The van der Waals surface area contributed by atoms with Crippen LogP contribution in [-0.2, 0) is 16.0 Å². The molecule has 2 heteroatoms. The van der Waals surface area contributed by atoms with Crippen LogP contribution in [0.4, 0.5) is 0 Å². The quantitative estimate of drug-likeness (QED) is 0.272. The highest BCUT2D eigenvalue weighted by atomic mass is 16.5. The SMILES string of the molecule is C=C1CC2c3c1ccc1c3-c3c(cccc3C2C(CC(=O)OC)c2ccc3ccccc3c2)C1. The second kappa shape index (κ2) is 7.17. The Morgan fingerprint density at radius 3 is 2.65 bits per heavy atom. The molecule has 0 amide bonds. The number of allylic oxidation sites excluding steroid dienone is 1. The third kappa shape index (κ3) is 2.66. The van der Waals surface area contributed by atoms with Crippen molar-refractivity contribution in [3.8, 4) is 11.1 Å². The van der Waals surface area contributed by atoms with Crippen LogP contribution >= 0.6 is 0 Å². The summed E-state index contributed by atoms with van der Waals surface area (Å²) in [5.74, 6) is 0.417. The summed E-state index contributed by atoms with van der Waals surface area (Å²) in [6, 6.07) is 26.5. The summed E-state index contributed by atoms with van der Waals surface area (Å²) in [5.41, 5.74) is 12.4. The molecule has 0 N–H and O–H groups in total. The number of esters is 1. The lowest BCUT2D eigenvalue weighted by atomic mass is 9.65. The van der Waals surface area contributed by atoms with Gasteiger partial charge in [-0.15, -0.1) is 0 Å². The van der Waals surface area contributed by atoms with E-state index in [0.29, 0.717) is 12.3 Å². The molecule has 0 fully saturated rings. The summed E-state index contributed by atoms with van der Waals surface area (Å²) in [6.07, 6.45) is 2.32. The molecule has 2 nitrogen and oxygen atoms in total. The number of rotatable bonds is 4. The third-order valence-electron chi connectivity index (χ3n) is 8.41. The predicted octanol–water partition coefficient (Wildman–Crippen LogP) is 7.36. The number of hydrogen-bond acceptors (Lipinski definition) is 2. The Bertz CT molecular complexity index is 1530. The first-order valence-corrected chi connectivity index (χ1v) is 12.2. The molecule has 3 aliphatic rings. The fourth-order valence-corrected chi connectivity index (χ4v) is 7.01. The van der Waals surface area contributed by atoms with Gasteiger partial charge in [0.15, 0.2) is 0 Å². The summed E-state index contributed by atoms with van der Waals surface area (Å²) in [4.78, 5) is 12.8. The fraction of sp³-hybridized carbons (Fsp3) is 0.219. The van der Waals surface area contributed by atoms with Crippen molar-refractivity contribution in [2.45, 2.75) is 37.0 Å². The van der Waals surface area contributed by atoms with Crippen LogP contribution in [0.3, 0.4) is 0 Å². The van der Waals surface area contributed by atoms with Gasteiger partial charge in [-0.25, -0.2) is 0 Å². The molecule has 7 rings (SSSR count). The maximum Gasteiger partial charge on any atom is 0.306 e. The largest absolute Gasteiger partial charge is 0.469 e. The molecular weight excluding hydrogens is 416 g/mol. The van der Waals surface area contributed by atoms with Crippen LogP contribution in [0.25, 0.3) is 27.5 Å². The lowest BCUT2D eigenvalue weighted by Crippen LogP contribution is -2.24. The summed E-state index contributed by atoms with van der Waals surface area (Å²) < 4.78 is 5.22. The Morgan fingerprint density at radius 1 is 0.971 bits per heavy atom. The summed E-state index contributed by atoms with van der Waals surface area (Å²) in [7, 11) is 1.50. The number of methoxy groups -OCH3 is 1. The van der Waals surface area contributed by atoms with Crippen molar-refractivity contribution in [3.05, 3.63) is 113 Å². The Kier molecular flexibility index (Phi) is 4.17. The van der Waals surface area contributed by atoms with Crippen molar-refractivity contribution in [1.82, 2.24) is 0 Å². The second-order valence-corrected chi connectivity index (χ2v) is 10.1. The van der Waals surface area contributed by atoms with Crippen molar-refractivity contribution in [2.75, 3.05) is 7.11 Å². The molecule has 0 aromatic heterocycles. The first-order valence-electron chi connectivity index (χ1n) is 12.2. The molecule has 0 saturated heterocycles. The normalized spacial score (nSPS) is 19.9. The number of ether oxygens (including phenoxy) is 1. The van der Waals surface area contributed by atoms with Crippen molar-refractivity contribution in [1.29, 1.82) is 0 Å². The van der Waals surface area contributed by atoms with Crippen LogP contribution in [0, 0.1) is 0 Å². The van der Waals surface area contributed by atoms with Crippen LogP contribution in [0.5, 0.6) is 0 Å². The van der Waals surface area contributed by atoms with E-state index in [1.165, 1.54) is 68.0 Å². The Balaban J connectivity index is 1.47. The molecule has 0 bridgehead atoms. The smallest absolute Gasteiger partial charge is 0.306 e. The minimum Gasteiger partial charge on any atom is -0.469 e. The van der Waals surface area contributed by atoms with Gasteiger partial charge in [0.05, 0.1) is 13.5 Å².